The minimum Gasteiger partial charge on any atom is -0.462 e. The maximum Gasteiger partial charge on any atom is 0.339 e. The Morgan fingerprint density at radius 2 is 1.78 bits per heavy atom. The molecule has 36 heavy (non-hydrogen) atoms. The third-order valence-electron chi connectivity index (χ3n) is 5.66. The van der Waals surface area contributed by atoms with E-state index in [2.05, 4.69) is 5.10 Å². The zero-order valence-electron chi connectivity index (χ0n) is 20.1. The molecule has 0 radical (unpaired) electrons. The second-order valence-electron chi connectivity index (χ2n) is 8.77. The number of hydrogen-bond acceptors (Lipinski definition) is 5. The number of aromatic nitrogens is 2. The van der Waals surface area contributed by atoms with E-state index in [0.717, 1.165) is 16.6 Å². The molecule has 2 aromatic carbocycles. The van der Waals surface area contributed by atoms with Gasteiger partial charge in [-0.3, -0.25) is 9.59 Å². The molecule has 0 bridgehead atoms. The topological polar surface area (TPSA) is 107 Å². The molecule has 2 heterocycles. The average Bonchev–Trinajstić information content (AvgIpc) is 3.30. The van der Waals surface area contributed by atoms with Crippen LogP contribution in [0.5, 0.6) is 0 Å². The van der Waals surface area contributed by atoms with Gasteiger partial charge < -0.3 is 15.4 Å². The number of hydrogen-bond donors (Lipinski definition) is 1. The first-order valence-electron chi connectivity index (χ1n) is 11.3. The molecule has 2 N–H and O–H groups in total. The summed E-state index contributed by atoms with van der Waals surface area (Å²) in [4.78, 5) is 38.7. The van der Waals surface area contributed by atoms with Crippen molar-refractivity contribution in [3.8, 4) is 11.1 Å². The Balaban J connectivity index is 1.63. The number of benzene rings is 2. The summed E-state index contributed by atoms with van der Waals surface area (Å²) in [6.45, 7) is 4.15. The van der Waals surface area contributed by atoms with E-state index in [1.807, 2.05) is 13.8 Å². The van der Waals surface area contributed by atoms with Gasteiger partial charge in [0.15, 0.2) is 0 Å². The van der Waals surface area contributed by atoms with Crippen LogP contribution in [0.25, 0.3) is 16.6 Å². The molecule has 0 atom stereocenters. The Bertz CT molecular complexity index is 1460. The number of nitrogens with zero attached hydrogens (tertiary/aromatic N) is 3. The lowest BCUT2D eigenvalue weighted by Crippen LogP contribution is -2.26. The summed E-state index contributed by atoms with van der Waals surface area (Å²) in [6.07, 6.45) is 3.40. The maximum atomic E-state index is 13.4. The monoisotopic (exact) mass is 504 g/mol. The summed E-state index contributed by atoms with van der Waals surface area (Å²) in [5.74, 6) is -1.14. The van der Waals surface area contributed by atoms with Crippen LogP contribution in [0.4, 0.5) is 5.69 Å². The minimum atomic E-state index is -0.538. The Morgan fingerprint density at radius 3 is 2.44 bits per heavy atom. The predicted octanol–water partition coefficient (Wildman–Crippen LogP) is 4.84. The molecule has 0 fully saturated rings. The molecular weight excluding hydrogens is 480 g/mol. The lowest BCUT2D eigenvalue weighted by molar-refractivity contribution is 0.0459. The number of rotatable bonds is 7. The van der Waals surface area contributed by atoms with E-state index in [9.17, 15) is 14.4 Å². The van der Waals surface area contributed by atoms with Crippen molar-refractivity contribution in [2.24, 2.45) is 11.7 Å². The molecule has 9 heteroatoms. The Labute approximate surface area is 213 Å². The van der Waals surface area contributed by atoms with Crippen LogP contribution in [0.3, 0.4) is 0 Å². The van der Waals surface area contributed by atoms with Crippen LogP contribution in [0.15, 0.2) is 67.0 Å². The molecule has 0 spiro atoms. The van der Waals surface area contributed by atoms with Gasteiger partial charge in [-0.25, -0.2) is 9.31 Å². The van der Waals surface area contributed by atoms with E-state index < -0.39 is 11.9 Å². The molecule has 0 unspecified atom stereocenters. The van der Waals surface area contributed by atoms with Gasteiger partial charge in [0.2, 0.25) is 5.91 Å². The van der Waals surface area contributed by atoms with Gasteiger partial charge in [-0.15, -0.1) is 0 Å². The zero-order chi connectivity index (χ0) is 26.0. The second-order valence-corrected chi connectivity index (χ2v) is 9.17. The maximum absolute atomic E-state index is 13.4. The Kier molecular flexibility index (Phi) is 7.07. The van der Waals surface area contributed by atoms with Crippen LogP contribution >= 0.6 is 11.6 Å². The van der Waals surface area contributed by atoms with E-state index >= 15 is 0 Å². The van der Waals surface area contributed by atoms with Gasteiger partial charge in [0, 0.05) is 35.6 Å². The van der Waals surface area contributed by atoms with E-state index in [1.165, 1.54) is 4.90 Å². The highest BCUT2D eigenvalue weighted by atomic mass is 35.5. The van der Waals surface area contributed by atoms with Crippen molar-refractivity contribution in [2.75, 3.05) is 18.6 Å². The number of ether oxygens (including phenoxy) is 1. The number of pyridine rings is 1. The van der Waals surface area contributed by atoms with Gasteiger partial charge in [-0.2, -0.15) is 5.10 Å². The highest BCUT2D eigenvalue weighted by molar-refractivity contribution is 6.33. The number of amides is 2. The number of anilines is 1. The summed E-state index contributed by atoms with van der Waals surface area (Å²) in [6, 6.07) is 15.1. The summed E-state index contributed by atoms with van der Waals surface area (Å²) >= 11 is 6.22. The zero-order valence-corrected chi connectivity index (χ0v) is 20.8. The van der Waals surface area contributed by atoms with Crippen LogP contribution in [-0.4, -0.2) is 41.1 Å². The molecule has 2 amide bonds. The largest absolute Gasteiger partial charge is 0.462 e. The van der Waals surface area contributed by atoms with Crippen molar-refractivity contribution >= 4 is 40.6 Å². The van der Waals surface area contributed by atoms with E-state index in [4.69, 9.17) is 22.1 Å². The average molecular weight is 505 g/mol. The van der Waals surface area contributed by atoms with Crippen molar-refractivity contribution in [3.05, 3.63) is 88.7 Å². The third-order valence-corrected chi connectivity index (χ3v) is 5.99. The molecule has 8 nitrogen and oxygen atoms in total. The number of fused-ring (bicyclic) bond motifs is 1. The number of primary amides is 1. The number of halogens is 1. The number of carbonyl (C=O) groups is 3. The lowest BCUT2D eigenvalue weighted by atomic mass is 10.0. The first kappa shape index (κ1) is 24.9. The molecule has 0 aliphatic carbocycles. The Morgan fingerprint density at radius 1 is 1.06 bits per heavy atom. The second kappa shape index (κ2) is 10.2. The van der Waals surface area contributed by atoms with Crippen molar-refractivity contribution in [3.63, 3.8) is 0 Å². The van der Waals surface area contributed by atoms with Gasteiger partial charge in [0.05, 0.1) is 28.9 Å². The van der Waals surface area contributed by atoms with Gasteiger partial charge in [0.25, 0.3) is 5.91 Å². The molecule has 0 aliphatic heterocycles. The van der Waals surface area contributed by atoms with Crippen LogP contribution in [0.1, 0.15) is 44.9 Å². The fourth-order valence-corrected chi connectivity index (χ4v) is 3.85. The van der Waals surface area contributed by atoms with E-state index in [-0.39, 0.29) is 29.0 Å². The number of esters is 1. The van der Waals surface area contributed by atoms with Crippen LogP contribution in [0.2, 0.25) is 5.02 Å². The standard InChI is InChI=1S/C27H25ClN4O4/c1-16(2)15-36-27(35)21-13-20(8-9-23(21)28)31(3)26(34)19-10-11-32-24(12-19)22(14-30-32)17-4-6-18(7-5-17)25(29)33/h4-14,16H,15H2,1-3H3,(H2,29,33). The first-order chi connectivity index (χ1) is 17.2. The van der Waals surface area contributed by atoms with Crippen LogP contribution in [0, 0.1) is 5.92 Å². The predicted molar refractivity (Wildman–Crippen MR) is 138 cm³/mol. The SMILES string of the molecule is CC(C)COC(=O)c1cc(N(C)C(=O)c2ccn3ncc(-c4ccc(C(N)=O)cc4)c3c2)ccc1Cl. The molecular formula is C27H25ClN4O4. The minimum absolute atomic E-state index is 0.185. The van der Waals surface area contributed by atoms with Crippen molar-refractivity contribution in [1.82, 2.24) is 9.61 Å². The number of nitrogens with two attached hydrogens (primary N) is 1. The summed E-state index contributed by atoms with van der Waals surface area (Å²) in [5, 5.41) is 4.61. The fraction of sp³-hybridized carbons (Fsp3) is 0.185. The highest BCUT2D eigenvalue weighted by Crippen LogP contribution is 2.28. The van der Waals surface area contributed by atoms with E-state index in [0.29, 0.717) is 16.8 Å². The van der Waals surface area contributed by atoms with Crippen molar-refractivity contribution in [2.45, 2.75) is 13.8 Å². The molecule has 2 aromatic heterocycles. The highest BCUT2D eigenvalue weighted by Gasteiger charge is 2.20. The van der Waals surface area contributed by atoms with Crippen molar-refractivity contribution in [1.29, 1.82) is 0 Å². The molecule has 0 saturated heterocycles. The molecule has 4 aromatic rings. The molecule has 184 valence electrons. The summed E-state index contributed by atoms with van der Waals surface area (Å²) < 4.78 is 6.97. The smallest absolute Gasteiger partial charge is 0.339 e. The van der Waals surface area contributed by atoms with Crippen molar-refractivity contribution < 1.29 is 19.1 Å². The molecule has 0 aliphatic rings. The van der Waals surface area contributed by atoms with Gasteiger partial charge in [0.1, 0.15) is 0 Å². The van der Waals surface area contributed by atoms with Crippen LogP contribution < -0.4 is 10.6 Å². The normalized spacial score (nSPS) is 11.0. The summed E-state index contributed by atoms with van der Waals surface area (Å²) in [5.41, 5.74) is 9.20. The molecule has 4 rings (SSSR count). The quantitative estimate of drug-likeness (QED) is 0.362. The summed E-state index contributed by atoms with van der Waals surface area (Å²) in [7, 11) is 1.62. The molecule has 0 saturated carbocycles. The Hall–Kier alpha value is -4.17. The fourth-order valence-electron chi connectivity index (χ4n) is 3.66. The third kappa shape index (κ3) is 5.08. The number of carbonyl (C=O) groups excluding carboxylic acids is 3. The lowest BCUT2D eigenvalue weighted by Gasteiger charge is -2.19. The van der Waals surface area contributed by atoms with Crippen LogP contribution in [-0.2, 0) is 4.74 Å². The van der Waals surface area contributed by atoms with Gasteiger partial charge >= 0.3 is 5.97 Å². The van der Waals surface area contributed by atoms with Gasteiger partial charge in [-0.1, -0.05) is 37.6 Å². The first-order valence-corrected chi connectivity index (χ1v) is 11.7. The van der Waals surface area contributed by atoms with E-state index in [1.54, 1.807) is 78.6 Å². The van der Waals surface area contributed by atoms with Gasteiger partial charge in [-0.05, 0) is 53.9 Å².